The Kier molecular flexibility index (Phi) is 5.52. The number of hydrogen-bond acceptors (Lipinski definition) is 3. The first-order valence-corrected chi connectivity index (χ1v) is 4.11. The smallest absolute Gasteiger partial charge is 0.309 e. The first-order valence-electron chi connectivity index (χ1n) is 4.11. The summed E-state index contributed by atoms with van der Waals surface area (Å²) in [7, 11) is 0. The number of benzene rings is 1. The lowest BCUT2D eigenvalue weighted by molar-refractivity contribution is -0.143. The van der Waals surface area contributed by atoms with E-state index in [9.17, 15) is 4.79 Å². The van der Waals surface area contributed by atoms with Gasteiger partial charge in [0.2, 0.25) is 0 Å². The van der Waals surface area contributed by atoms with E-state index in [0.29, 0.717) is 6.42 Å². The summed E-state index contributed by atoms with van der Waals surface area (Å²) in [5, 5.41) is 17.5. The Balaban J connectivity index is 0.00000169. The van der Waals surface area contributed by atoms with Crippen LogP contribution in [-0.2, 0) is 11.2 Å². The van der Waals surface area contributed by atoms with Gasteiger partial charge in [-0.15, -0.1) is 0 Å². The minimum Gasteiger partial charge on any atom is -0.481 e. The van der Waals surface area contributed by atoms with Gasteiger partial charge in [0.25, 0.3) is 0 Å². The van der Waals surface area contributed by atoms with Gasteiger partial charge in [0.05, 0.1) is 12.5 Å². The van der Waals surface area contributed by atoms with Crippen LogP contribution >= 0.6 is 0 Å². The molecule has 1 rings (SSSR count). The highest BCUT2D eigenvalue weighted by atomic mass is 16.4. The molecule has 0 spiro atoms. The van der Waals surface area contributed by atoms with Gasteiger partial charge < -0.3 is 16.4 Å². The number of aliphatic hydroxyl groups excluding tert-OH is 1. The van der Waals surface area contributed by atoms with Crippen LogP contribution in [0.25, 0.3) is 0 Å². The second-order valence-corrected chi connectivity index (χ2v) is 2.91. The second-order valence-electron chi connectivity index (χ2n) is 2.91. The van der Waals surface area contributed by atoms with Crippen LogP contribution in [0.3, 0.4) is 0 Å². The van der Waals surface area contributed by atoms with Crippen LogP contribution < -0.4 is 6.15 Å². The van der Waals surface area contributed by atoms with E-state index in [1.807, 2.05) is 30.3 Å². The third-order valence-electron chi connectivity index (χ3n) is 1.89. The quantitative estimate of drug-likeness (QED) is 0.673. The number of carbonyl (C=O) groups is 1. The average Bonchev–Trinajstić information content (AvgIpc) is 2.15. The lowest BCUT2D eigenvalue weighted by Gasteiger charge is -2.07. The fourth-order valence-corrected chi connectivity index (χ4v) is 1.13. The summed E-state index contributed by atoms with van der Waals surface area (Å²) in [6.07, 6.45) is 0.382. The maximum atomic E-state index is 10.6. The van der Waals surface area contributed by atoms with Crippen LogP contribution in [0.4, 0.5) is 0 Å². The molecular weight excluding hydrogens is 182 g/mol. The van der Waals surface area contributed by atoms with Gasteiger partial charge >= 0.3 is 5.97 Å². The number of aliphatic carboxylic acids is 1. The molecule has 78 valence electrons. The Hall–Kier alpha value is -1.39. The van der Waals surface area contributed by atoms with Crippen molar-refractivity contribution >= 4 is 5.97 Å². The fourth-order valence-electron chi connectivity index (χ4n) is 1.13. The van der Waals surface area contributed by atoms with E-state index in [1.54, 1.807) is 0 Å². The minimum atomic E-state index is -0.952. The molecule has 4 heteroatoms. The number of aliphatic hydroxyl groups is 1. The topological polar surface area (TPSA) is 92.5 Å². The van der Waals surface area contributed by atoms with Gasteiger partial charge in [-0.2, -0.15) is 0 Å². The third kappa shape index (κ3) is 3.55. The van der Waals surface area contributed by atoms with Crippen LogP contribution in [-0.4, -0.2) is 22.8 Å². The van der Waals surface area contributed by atoms with Crippen molar-refractivity contribution in [3.63, 3.8) is 0 Å². The molecule has 0 aromatic heterocycles. The summed E-state index contributed by atoms with van der Waals surface area (Å²) in [5.74, 6) is -1.64. The van der Waals surface area contributed by atoms with Crippen LogP contribution in [0.5, 0.6) is 0 Å². The number of carboxylic acid groups (broad SMARTS) is 1. The van der Waals surface area contributed by atoms with Gasteiger partial charge in [-0.1, -0.05) is 30.3 Å². The molecule has 5 N–H and O–H groups in total. The Morgan fingerprint density at radius 1 is 1.29 bits per heavy atom. The van der Waals surface area contributed by atoms with Gasteiger partial charge in [0, 0.05) is 0 Å². The summed E-state index contributed by atoms with van der Waals surface area (Å²) in [4.78, 5) is 10.6. The van der Waals surface area contributed by atoms with E-state index in [0.717, 1.165) is 5.56 Å². The molecule has 0 bridgehead atoms. The van der Waals surface area contributed by atoms with Crippen molar-refractivity contribution in [2.45, 2.75) is 6.42 Å². The van der Waals surface area contributed by atoms with Crippen molar-refractivity contribution in [2.75, 3.05) is 6.61 Å². The van der Waals surface area contributed by atoms with Crippen molar-refractivity contribution in [3.05, 3.63) is 35.9 Å². The van der Waals surface area contributed by atoms with Crippen LogP contribution in [0.15, 0.2) is 30.3 Å². The molecular formula is C10H15NO3. The molecule has 0 radical (unpaired) electrons. The van der Waals surface area contributed by atoms with Crippen molar-refractivity contribution in [3.8, 4) is 0 Å². The third-order valence-corrected chi connectivity index (χ3v) is 1.89. The van der Waals surface area contributed by atoms with E-state index in [-0.39, 0.29) is 12.8 Å². The first kappa shape index (κ1) is 12.6. The van der Waals surface area contributed by atoms with Gasteiger partial charge in [-0.3, -0.25) is 4.79 Å². The molecule has 1 unspecified atom stereocenters. The fraction of sp³-hybridized carbons (Fsp3) is 0.300. The molecule has 0 amide bonds. The Morgan fingerprint density at radius 3 is 2.29 bits per heavy atom. The van der Waals surface area contributed by atoms with Crippen LogP contribution in [0.2, 0.25) is 0 Å². The zero-order chi connectivity index (χ0) is 9.68. The summed E-state index contributed by atoms with van der Waals surface area (Å²) in [5.41, 5.74) is 0.934. The predicted molar refractivity (Wildman–Crippen MR) is 53.4 cm³/mol. The highest BCUT2D eigenvalue weighted by Crippen LogP contribution is 2.07. The van der Waals surface area contributed by atoms with E-state index in [4.69, 9.17) is 10.2 Å². The highest BCUT2D eigenvalue weighted by Gasteiger charge is 2.15. The molecule has 0 aliphatic rings. The molecule has 1 aromatic rings. The lowest BCUT2D eigenvalue weighted by Crippen LogP contribution is -2.20. The van der Waals surface area contributed by atoms with Crippen molar-refractivity contribution in [2.24, 2.45) is 5.92 Å². The standard InChI is InChI=1S/C10H12O3.H3N/c11-7-9(10(12)13)6-8-4-2-1-3-5-8;/h1-5,9,11H,6-7H2,(H,12,13);1H3. The van der Waals surface area contributed by atoms with E-state index >= 15 is 0 Å². The zero-order valence-corrected chi connectivity index (χ0v) is 7.89. The maximum Gasteiger partial charge on any atom is 0.309 e. The number of rotatable bonds is 4. The van der Waals surface area contributed by atoms with Gasteiger partial charge in [-0.25, -0.2) is 0 Å². The second kappa shape index (κ2) is 6.12. The summed E-state index contributed by atoms with van der Waals surface area (Å²) < 4.78 is 0. The molecule has 4 nitrogen and oxygen atoms in total. The predicted octanol–water partition coefficient (Wildman–Crippen LogP) is 1.08. The number of carboxylic acids is 1. The van der Waals surface area contributed by atoms with E-state index < -0.39 is 11.9 Å². The molecule has 0 fully saturated rings. The number of hydrogen-bond donors (Lipinski definition) is 3. The Bertz CT molecular complexity index is 274. The molecule has 0 heterocycles. The largest absolute Gasteiger partial charge is 0.481 e. The van der Waals surface area contributed by atoms with Crippen molar-refractivity contribution < 1.29 is 15.0 Å². The molecule has 1 aromatic carbocycles. The molecule has 1 atom stereocenters. The normalized spacial score (nSPS) is 11.5. The van der Waals surface area contributed by atoms with E-state index in [1.165, 1.54) is 0 Å². The molecule has 0 saturated carbocycles. The molecule has 14 heavy (non-hydrogen) atoms. The maximum absolute atomic E-state index is 10.6. The summed E-state index contributed by atoms with van der Waals surface area (Å²) in [6.45, 7) is -0.315. The Labute approximate surface area is 82.8 Å². The van der Waals surface area contributed by atoms with Crippen molar-refractivity contribution in [1.29, 1.82) is 0 Å². The summed E-state index contributed by atoms with van der Waals surface area (Å²) >= 11 is 0. The SMILES string of the molecule is N.O=C(O)C(CO)Cc1ccccc1. The molecule has 0 aliphatic heterocycles. The first-order chi connectivity index (χ1) is 6.24. The van der Waals surface area contributed by atoms with Crippen molar-refractivity contribution in [1.82, 2.24) is 6.15 Å². The lowest BCUT2D eigenvalue weighted by atomic mass is 10.0. The Morgan fingerprint density at radius 2 is 1.86 bits per heavy atom. The van der Waals surface area contributed by atoms with Gasteiger partial charge in [0.15, 0.2) is 0 Å². The van der Waals surface area contributed by atoms with Gasteiger partial charge in [-0.05, 0) is 12.0 Å². The monoisotopic (exact) mass is 197 g/mol. The van der Waals surface area contributed by atoms with E-state index in [2.05, 4.69) is 0 Å². The summed E-state index contributed by atoms with van der Waals surface area (Å²) in [6, 6.07) is 9.28. The zero-order valence-electron chi connectivity index (χ0n) is 7.89. The molecule has 0 aliphatic carbocycles. The van der Waals surface area contributed by atoms with Crippen LogP contribution in [0, 0.1) is 5.92 Å². The molecule has 0 saturated heterocycles. The van der Waals surface area contributed by atoms with Crippen LogP contribution in [0.1, 0.15) is 5.56 Å². The van der Waals surface area contributed by atoms with Gasteiger partial charge in [0.1, 0.15) is 0 Å². The average molecular weight is 197 g/mol. The minimum absolute atomic E-state index is 0. The highest BCUT2D eigenvalue weighted by molar-refractivity contribution is 5.70.